The van der Waals surface area contributed by atoms with Crippen molar-refractivity contribution >= 4 is 17.7 Å². The zero-order valence-corrected chi connectivity index (χ0v) is 12.5. The lowest BCUT2D eigenvalue weighted by atomic mass is 10.2. The molecule has 1 heterocycles. The lowest BCUT2D eigenvalue weighted by molar-refractivity contribution is 0.147. The van der Waals surface area contributed by atoms with Crippen LogP contribution in [0.1, 0.15) is 32.7 Å². The van der Waals surface area contributed by atoms with Gasteiger partial charge in [-0.2, -0.15) is 11.8 Å². The third kappa shape index (κ3) is 5.31. The largest absolute Gasteiger partial charge is 0.382 e. The molecule has 0 amide bonds. The average Bonchev–Trinajstić information content (AvgIpc) is 2.84. The van der Waals surface area contributed by atoms with Crippen LogP contribution in [0.4, 0.5) is 5.95 Å². The van der Waals surface area contributed by atoms with E-state index in [2.05, 4.69) is 34.2 Å². The predicted molar refractivity (Wildman–Crippen MR) is 79.5 cm³/mol. The van der Waals surface area contributed by atoms with Crippen molar-refractivity contribution in [1.82, 2.24) is 9.55 Å². The van der Waals surface area contributed by atoms with E-state index < -0.39 is 0 Å². The second-order valence-corrected chi connectivity index (χ2v) is 5.25. The molecule has 1 N–H and O–H groups in total. The Morgan fingerprint density at radius 3 is 3.11 bits per heavy atom. The van der Waals surface area contributed by atoms with Crippen LogP contribution in [0.25, 0.3) is 0 Å². The molecule has 0 saturated carbocycles. The first kappa shape index (κ1) is 15.4. The zero-order chi connectivity index (χ0) is 13.2. The van der Waals surface area contributed by atoms with E-state index in [1.807, 2.05) is 24.9 Å². The van der Waals surface area contributed by atoms with Gasteiger partial charge in [0.2, 0.25) is 5.95 Å². The van der Waals surface area contributed by atoms with Gasteiger partial charge in [-0.15, -0.1) is 0 Å². The summed E-state index contributed by atoms with van der Waals surface area (Å²) in [7, 11) is 0. The third-order valence-electron chi connectivity index (χ3n) is 2.84. The van der Waals surface area contributed by atoms with Crippen molar-refractivity contribution in [3.05, 3.63) is 12.4 Å². The lowest BCUT2D eigenvalue weighted by Crippen LogP contribution is -2.13. The Bertz CT molecular complexity index is 317. The molecule has 0 aliphatic heterocycles. The lowest BCUT2D eigenvalue weighted by Gasteiger charge is -2.16. The second-order valence-electron chi connectivity index (χ2n) is 4.27. The molecule has 0 fully saturated rings. The van der Waals surface area contributed by atoms with E-state index in [0.717, 1.165) is 32.1 Å². The minimum atomic E-state index is 0.495. The average molecular weight is 271 g/mol. The minimum absolute atomic E-state index is 0.495. The van der Waals surface area contributed by atoms with Crippen molar-refractivity contribution in [2.24, 2.45) is 0 Å². The van der Waals surface area contributed by atoms with E-state index in [0.29, 0.717) is 6.04 Å². The number of anilines is 1. The molecule has 1 rings (SSSR count). The molecule has 1 unspecified atom stereocenters. The van der Waals surface area contributed by atoms with Gasteiger partial charge in [0.25, 0.3) is 0 Å². The van der Waals surface area contributed by atoms with Gasteiger partial charge >= 0.3 is 0 Å². The molecule has 5 heteroatoms. The number of nitrogens with one attached hydrogen (secondary N) is 1. The summed E-state index contributed by atoms with van der Waals surface area (Å²) in [5.74, 6) is 2.16. The molecule has 18 heavy (non-hydrogen) atoms. The third-order valence-corrected chi connectivity index (χ3v) is 3.48. The second kappa shape index (κ2) is 9.28. The minimum Gasteiger partial charge on any atom is -0.382 e. The molecule has 0 aliphatic carbocycles. The predicted octanol–water partition coefficient (Wildman–Crippen LogP) is 3.04. The molecule has 0 aromatic carbocycles. The Morgan fingerprint density at radius 1 is 1.56 bits per heavy atom. The molecule has 104 valence electrons. The van der Waals surface area contributed by atoms with Crippen LogP contribution in [0, 0.1) is 0 Å². The number of ether oxygens (including phenoxy) is 1. The summed E-state index contributed by atoms with van der Waals surface area (Å²) in [6.07, 6.45) is 8.24. The van der Waals surface area contributed by atoms with E-state index in [-0.39, 0.29) is 0 Å². The maximum Gasteiger partial charge on any atom is 0.203 e. The number of aromatic nitrogens is 2. The van der Waals surface area contributed by atoms with Gasteiger partial charge in [-0.05, 0) is 38.7 Å². The Kier molecular flexibility index (Phi) is 7.93. The summed E-state index contributed by atoms with van der Waals surface area (Å²) < 4.78 is 7.53. The van der Waals surface area contributed by atoms with Crippen LogP contribution >= 0.6 is 11.8 Å². The first-order valence-electron chi connectivity index (χ1n) is 6.63. The van der Waals surface area contributed by atoms with Crippen LogP contribution in [0.2, 0.25) is 0 Å². The van der Waals surface area contributed by atoms with Crippen LogP contribution in [0.15, 0.2) is 12.4 Å². The first-order valence-corrected chi connectivity index (χ1v) is 8.02. The maximum absolute atomic E-state index is 5.31. The fraction of sp³-hybridized carbons (Fsp3) is 0.769. The summed E-state index contributed by atoms with van der Waals surface area (Å²) in [6, 6.07) is 0.495. The Morgan fingerprint density at radius 2 is 2.39 bits per heavy atom. The highest BCUT2D eigenvalue weighted by Gasteiger charge is 2.08. The molecule has 0 aliphatic rings. The number of hydrogen-bond acceptors (Lipinski definition) is 4. The van der Waals surface area contributed by atoms with Gasteiger partial charge in [0.1, 0.15) is 0 Å². The Labute approximate surface area is 115 Å². The summed E-state index contributed by atoms with van der Waals surface area (Å²) in [6.45, 7) is 6.77. The molecular weight excluding hydrogens is 246 g/mol. The van der Waals surface area contributed by atoms with Crippen molar-refractivity contribution in [1.29, 1.82) is 0 Å². The fourth-order valence-electron chi connectivity index (χ4n) is 1.75. The van der Waals surface area contributed by atoms with E-state index in [4.69, 9.17) is 4.74 Å². The van der Waals surface area contributed by atoms with Crippen LogP contribution < -0.4 is 5.32 Å². The van der Waals surface area contributed by atoms with Gasteiger partial charge in [-0.1, -0.05) is 0 Å². The van der Waals surface area contributed by atoms with Gasteiger partial charge < -0.3 is 14.6 Å². The highest BCUT2D eigenvalue weighted by molar-refractivity contribution is 7.98. The molecule has 1 aromatic heterocycles. The Hall–Kier alpha value is -0.680. The number of imidazole rings is 1. The van der Waals surface area contributed by atoms with Gasteiger partial charge in [0.15, 0.2) is 0 Å². The summed E-state index contributed by atoms with van der Waals surface area (Å²) in [4.78, 5) is 4.37. The van der Waals surface area contributed by atoms with E-state index in [1.54, 1.807) is 0 Å². The van der Waals surface area contributed by atoms with Gasteiger partial charge in [-0.25, -0.2) is 4.98 Å². The topological polar surface area (TPSA) is 39.1 Å². The SMILES string of the molecule is CCOCCCNc1nccn1C(C)CCSC. The van der Waals surface area contributed by atoms with E-state index in [9.17, 15) is 0 Å². The fourth-order valence-corrected chi connectivity index (χ4v) is 2.33. The van der Waals surface area contributed by atoms with Crippen LogP contribution in [-0.2, 0) is 4.74 Å². The normalized spacial score (nSPS) is 12.6. The van der Waals surface area contributed by atoms with Crippen molar-refractivity contribution in [3.63, 3.8) is 0 Å². The van der Waals surface area contributed by atoms with Crippen molar-refractivity contribution in [3.8, 4) is 0 Å². The summed E-state index contributed by atoms with van der Waals surface area (Å²) in [5.41, 5.74) is 0. The smallest absolute Gasteiger partial charge is 0.203 e. The molecule has 4 nitrogen and oxygen atoms in total. The van der Waals surface area contributed by atoms with Crippen molar-refractivity contribution in [2.75, 3.05) is 37.1 Å². The molecular formula is C13H25N3OS. The van der Waals surface area contributed by atoms with Crippen molar-refractivity contribution in [2.45, 2.75) is 32.7 Å². The molecule has 0 bridgehead atoms. The van der Waals surface area contributed by atoms with Crippen molar-refractivity contribution < 1.29 is 4.74 Å². The standard InChI is InChI=1S/C13H25N3OS/c1-4-17-10-5-7-14-13-15-8-9-16(13)12(2)6-11-18-3/h8-9,12H,4-7,10-11H2,1-3H3,(H,14,15). The van der Waals surface area contributed by atoms with E-state index >= 15 is 0 Å². The summed E-state index contributed by atoms with van der Waals surface area (Å²) in [5, 5.41) is 3.37. The quantitative estimate of drug-likeness (QED) is 0.664. The molecule has 1 aromatic rings. The maximum atomic E-state index is 5.31. The number of thioether (sulfide) groups is 1. The number of nitrogens with zero attached hydrogens (tertiary/aromatic N) is 2. The molecule has 0 saturated heterocycles. The summed E-state index contributed by atoms with van der Waals surface area (Å²) >= 11 is 1.89. The molecule has 1 atom stereocenters. The molecule has 0 radical (unpaired) electrons. The van der Waals surface area contributed by atoms with Crippen LogP contribution in [0.3, 0.4) is 0 Å². The molecule has 0 spiro atoms. The highest BCUT2D eigenvalue weighted by Crippen LogP contribution is 2.18. The number of rotatable bonds is 10. The van der Waals surface area contributed by atoms with Gasteiger partial charge in [-0.3, -0.25) is 0 Å². The van der Waals surface area contributed by atoms with Crippen LogP contribution in [0.5, 0.6) is 0 Å². The first-order chi connectivity index (χ1) is 8.79. The van der Waals surface area contributed by atoms with Gasteiger partial charge in [0, 0.05) is 38.2 Å². The van der Waals surface area contributed by atoms with Crippen LogP contribution in [-0.4, -0.2) is 41.3 Å². The Balaban J connectivity index is 2.34. The van der Waals surface area contributed by atoms with E-state index in [1.165, 1.54) is 12.2 Å². The zero-order valence-electron chi connectivity index (χ0n) is 11.7. The number of hydrogen-bond donors (Lipinski definition) is 1. The highest BCUT2D eigenvalue weighted by atomic mass is 32.2. The monoisotopic (exact) mass is 271 g/mol. The van der Waals surface area contributed by atoms with Gasteiger partial charge in [0.05, 0.1) is 0 Å².